The molecule has 0 fully saturated rings. The molecule has 0 saturated carbocycles. The van der Waals surface area contributed by atoms with Crippen LogP contribution in [0.1, 0.15) is 11.1 Å². The van der Waals surface area contributed by atoms with Crippen molar-refractivity contribution in [3.8, 4) is 12.1 Å². The first-order valence-corrected chi connectivity index (χ1v) is 9.98. The third-order valence-electron chi connectivity index (χ3n) is 4.66. The van der Waals surface area contributed by atoms with Gasteiger partial charge in [0.05, 0.1) is 0 Å². The Morgan fingerprint density at radius 3 is 1.69 bits per heavy atom. The molecule has 1 heterocycles. The van der Waals surface area contributed by atoms with Gasteiger partial charge in [0.2, 0.25) is 0 Å². The fourth-order valence-corrected chi connectivity index (χ4v) is 4.34. The standard InChI is InChI=1S/C26H16N2S/c27-17-23(18-28)19-11-13-20(14-12-19)24-15-16-25(29-24)26(21-7-3-1-4-8-21)22-9-5-2-6-10-22/h1-16H. The minimum Gasteiger partial charge on any atom is -0.192 e. The first-order valence-electron chi connectivity index (χ1n) is 9.16. The number of nitrogens with zero attached hydrogens (tertiary/aromatic N) is 2. The summed E-state index contributed by atoms with van der Waals surface area (Å²) in [6.07, 6.45) is 0. The van der Waals surface area contributed by atoms with E-state index in [0.29, 0.717) is 5.22 Å². The van der Waals surface area contributed by atoms with E-state index in [9.17, 15) is 0 Å². The van der Waals surface area contributed by atoms with Gasteiger partial charge in [-0.25, -0.2) is 0 Å². The van der Waals surface area contributed by atoms with Gasteiger partial charge in [0.15, 0.2) is 0 Å². The summed E-state index contributed by atoms with van der Waals surface area (Å²) in [7, 11) is 0. The van der Waals surface area contributed by atoms with Gasteiger partial charge in [-0.3, -0.25) is 0 Å². The number of hydrogen-bond donors (Lipinski definition) is 0. The van der Waals surface area contributed by atoms with Gasteiger partial charge in [-0.05, 0) is 28.5 Å². The van der Waals surface area contributed by atoms with Crippen molar-refractivity contribution in [2.75, 3.05) is 0 Å². The van der Waals surface area contributed by atoms with E-state index in [-0.39, 0.29) is 5.57 Å². The molecule has 3 aromatic carbocycles. The molecule has 1 aromatic heterocycles. The van der Waals surface area contributed by atoms with Crippen LogP contribution < -0.4 is 9.75 Å². The Balaban J connectivity index is 1.98. The zero-order chi connectivity index (χ0) is 20.1. The van der Waals surface area contributed by atoms with Crippen molar-refractivity contribution in [1.82, 2.24) is 0 Å². The highest BCUT2D eigenvalue weighted by Gasteiger charge is 2.06. The van der Waals surface area contributed by atoms with E-state index in [1.807, 2.05) is 48.5 Å². The molecule has 0 bridgehead atoms. The summed E-state index contributed by atoms with van der Waals surface area (Å²) in [6.45, 7) is 0. The van der Waals surface area contributed by atoms with Crippen LogP contribution >= 0.6 is 11.3 Å². The lowest BCUT2D eigenvalue weighted by molar-refractivity contribution is 1.47. The van der Waals surface area contributed by atoms with Crippen LogP contribution in [0.2, 0.25) is 0 Å². The Morgan fingerprint density at radius 1 is 0.621 bits per heavy atom. The van der Waals surface area contributed by atoms with Crippen molar-refractivity contribution in [2.45, 2.75) is 0 Å². The predicted octanol–water partition coefficient (Wildman–Crippen LogP) is 4.48. The molecule has 29 heavy (non-hydrogen) atoms. The number of hydrogen-bond acceptors (Lipinski definition) is 3. The molecule has 0 amide bonds. The summed E-state index contributed by atoms with van der Waals surface area (Å²) >= 11 is 1.74. The van der Waals surface area contributed by atoms with Gasteiger partial charge < -0.3 is 0 Å². The van der Waals surface area contributed by atoms with E-state index in [2.05, 4.69) is 60.7 Å². The molecule has 0 saturated heterocycles. The van der Waals surface area contributed by atoms with Gasteiger partial charge in [-0.1, -0.05) is 84.9 Å². The van der Waals surface area contributed by atoms with E-state index in [1.54, 1.807) is 11.3 Å². The molecule has 0 aliphatic rings. The van der Waals surface area contributed by atoms with Crippen LogP contribution in [-0.2, 0) is 0 Å². The maximum Gasteiger partial charge on any atom is 0.136 e. The smallest absolute Gasteiger partial charge is 0.136 e. The minimum absolute atomic E-state index is 0.132. The lowest BCUT2D eigenvalue weighted by atomic mass is 9.98. The molecule has 2 nitrogen and oxygen atoms in total. The zero-order valence-electron chi connectivity index (χ0n) is 15.5. The summed E-state index contributed by atoms with van der Waals surface area (Å²) in [6, 6.07) is 36.6. The van der Waals surface area contributed by atoms with Gasteiger partial charge in [-0.15, -0.1) is 11.3 Å². The van der Waals surface area contributed by atoms with Gasteiger partial charge in [0.25, 0.3) is 0 Å². The second-order valence-electron chi connectivity index (χ2n) is 6.45. The van der Waals surface area contributed by atoms with Crippen LogP contribution in [0, 0.1) is 32.4 Å². The summed E-state index contributed by atoms with van der Waals surface area (Å²) < 4.78 is 2.34. The maximum absolute atomic E-state index is 9.04. The van der Waals surface area contributed by atoms with Crippen molar-refractivity contribution in [1.29, 1.82) is 10.5 Å². The minimum atomic E-state index is 0.132. The molecule has 136 valence electrons. The maximum atomic E-state index is 9.04. The summed E-state index contributed by atoms with van der Waals surface area (Å²) in [5, 5.41) is 19.8. The first kappa shape index (κ1) is 18.4. The molecule has 0 unspecified atom stereocenters. The molecule has 3 heteroatoms. The van der Waals surface area contributed by atoms with Crippen molar-refractivity contribution in [2.24, 2.45) is 0 Å². The fraction of sp³-hybridized carbons (Fsp3) is 0. The highest BCUT2D eigenvalue weighted by Crippen LogP contribution is 2.21. The van der Waals surface area contributed by atoms with E-state index >= 15 is 0 Å². The predicted molar refractivity (Wildman–Crippen MR) is 117 cm³/mol. The van der Waals surface area contributed by atoms with Crippen LogP contribution in [0.15, 0.2) is 97.1 Å². The van der Waals surface area contributed by atoms with E-state index in [4.69, 9.17) is 10.5 Å². The Bertz CT molecular complexity index is 1370. The number of nitriles is 2. The molecule has 4 aromatic rings. The van der Waals surface area contributed by atoms with E-state index in [0.717, 1.165) is 9.75 Å². The van der Waals surface area contributed by atoms with Crippen molar-refractivity contribution < 1.29 is 0 Å². The van der Waals surface area contributed by atoms with Crippen LogP contribution in [0.5, 0.6) is 0 Å². The van der Waals surface area contributed by atoms with E-state index in [1.165, 1.54) is 21.2 Å². The molecule has 4 rings (SSSR count). The summed E-state index contributed by atoms with van der Waals surface area (Å²) in [4.78, 5) is 0. The SMILES string of the molecule is N#CC(C#N)=c1ccc(=c2ccc(=C(c3ccccc3)c3ccccc3)s2)cc1. The van der Waals surface area contributed by atoms with Gasteiger partial charge in [0.1, 0.15) is 17.7 Å². The Hall–Kier alpha value is -3.92. The Kier molecular flexibility index (Phi) is 5.34. The first-order chi connectivity index (χ1) is 14.3. The van der Waals surface area contributed by atoms with Gasteiger partial charge in [-0.2, -0.15) is 10.5 Å². The third kappa shape index (κ3) is 3.87. The number of rotatable bonds is 2. The van der Waals surface area contributed by atoms with Crippen LogP contribution in [0.4, 0.5) is 0 Å². The fourth-order valence-electron chi connectivity index (χ4n) is 3.24. The van der Waals surface area contributed by atoms with Crippen LogP contribution in [0.3, 0.4) is 0 Å². The van der Waals surface area contributed by atoms with E-state index < -0.39 is 0 Å². The largest absolute Gasteiger partial charge is 0.192 e. The van der Waals surface area contributed by atoms with Crippen LogP contribution in [-0.4, -0.2) is 0 Å². The molecular weight excluding hydrogens is 372 g/mol. The van der Waals surface area contributed by atoms with Gasteiger partial charge in [0, 0.05) is 19.9 Å². The average Bonchev–Trinajstić information content (AvgIpc) is 3.26. The monoisotopic (exact) mass is 388 g/mol. The van der Waals surface area contributed by atoms with Crippen LogP contribution in [0.25, 0.3) is 11.1 Å². The molecular formula is C26H16N2S. The quantitative estimate of drug-likeness (QED) is 0.508. The average molecular weight is 388 g/mol. The third-order valence-corrected chi connectivity index (χ3v) is 5.81. The molecule has 0 aliphatic heterocycles. The van der Waals surface area contributed by atoms with Crippen molar-refractivity contribution in [3.05, 3.63) is 128 Å². The lowest BCUT2D eigenvalue weighted by Gasteiger charge is -2.07. The highest BCUT2D eigenvalue weighted by atomic mass is 32.1. The highest BCUT2D eigenvalue weighted by molar-refractivity contribution is 7.08. The summed E-state index contributed by atoms with van der Waals surface area (Å²) in [5.74, 6) is 0. The number of benzene rings is 3. The molecule has 0 radical (unpaired) electrons. The van der Waals surface area contributed by atoms with Crippen molar-refractivity contribution in [3.63, 3.8) is 0 Å². The molecule has 0 N–H and O–H groups in total. The van der Waals surface area contributed by atoms with Crippen molar-refractivity contribution >= 4 is 22.5 Å². The molecule has 0 atom stereocenters. The topological polar surface area (TPSA) is 47.6 Å². The Labute approximate surface area is 172 Å². The molecule has 0 aliphatic carbocycles. The molecule has 0 spiro atoms. The summed E-state index contributed by atoms with van der Waals surface area (Å²) in [5.41, 5.74) is 3.71. The second-order valence-corrected chi connectivity index (χ2v) is 7.53. The lowest BCUT2D eigenvalue weighted by Crippen LogP contribution is -2.02. The normalized spacial score (nSPS) is 10.0. The Morgan fingerprint density at radius 2 is 1.17 bits per heavy atom. The zero-order valence-corrected chi connectivity index (χ0v) is 16.4. The number of thiophene rings is 1. The van der Waals surface area contributed by atoms with Gasteiger partial charge >= 0.3 is 0 Å². The second kappa shape index (κ2) is 8.40.